The Hall–Kier alpha value is -3.19. The van der Waals surface area contributed by atoms with Gasteiger partial charge in [0.25, 0.3) is 11.8 Å². The van der Waals surface area contributed by atoms with Crippen LogP contribution in [0, 0.1) is 13.8 Å². The first-order chi connectivity index (χ1) is 13.4. The average molecular weight is 393 g/mol. The number of carbonyl (C=O) groups is 2. The maximum Gasteiger partial charge on any atom is 0.265 e. The number of aromatic nitrogens is 1. The van der Waals surface area contributed by atoms with Crippen molar-refractivity contribution < 1.29 is 14.3 Å². The summed E-state index contributed by atoms with van der Waals surface area (Å²) in [6, 6.07) is 13.0. The van der Waals surface area contributed by atoms with Gasteiger partial charge < -0.3 is 10.1 Å². The Morgan fingerprint density at radius 2 is 2.00 bits per heavy atom. The summed E-state index contributed by atoms with van der Waals surface area (Å²) in [5.74, 6) is 0.279. The van der Waals surface area contributed by atoms with Crippen LogP contribution < -0.4 is 15.4 Å². The van der Waals surface area contributed by atoms with Gasteiger partial charge in [-0.05, 0) is 50.6 Å². The highest BCUT2D eigenvalue weighted by atomic mass is 32.1. The van der Waals surface area contributed by atoms with Crippen molar-refractivity contribution >= 4 is 34.0 Å². The maximum atomic E-state index is 12.5. The Bertz CT molecular complexity index is 1090. The molecular weight excluding hydrogens is 374 g/mol. The number of nitrogens with zero attached hydrogens (tertiary/aromatic N) is 1. The van der Waals surface area contributed by atoms with Crippen LogP contribution in [0.25, 0.3) is 11.3 Å². The molecule has 7 heteroatoms. The minimum absolute atomic E-state index is 0.175. The summed E-state index contributed by atoms with van der Waals surface area (Å²) in [6.07, 6.45) is -0.511. The van der Waals surface area contributed by atoms with Crippen LogP contribution in [0.3, 0.4) is 0 Å². The fourth-order valence-electron chi connectivity index (χ4n) is 3.07. The molecule has 2 amide bonds. The minimum atomic E-state index is -0.511. The lowest BCUT2D eigenvalue weighted by atomic mass is 10.1. The van der Waals surface area contributed by atoms with E-state index in [9.17, 15) is 9.59 Å². The molecule has 6 nitrogen and oxygen atoms in total. The lowest BCUT2D eigenvalue weighted by Crippen LogP contribution is -2.34. The molecule has 28 heavy (non-hydrogen) atoms. The summed E-state index contributed by atoms with van der Waals surface area (Å²) in [6.45, 7) is 5.56. The Balaban J connectivity index is 1.60. The number of rotatable bonds is 3. The fourth-order valence-corrected chi connectivity index (χ4v) is 3.90. The van der Waals surface area contributed by atoms with Crippen LogP contribution in [-0.2, 0) is 4.79 Å². The van der Waals surface area contributed by atoms with Crippen molar-refractivity contribution in [2.75, 3.05) is 10.6 Å². The highest BCUT2D eigenvalue weighted by molar-refractivity contribution is 7.16. The second kappa shape index (κ2) is 7.09. The first kappa shape index (κ1) is 18.2. The molecule has 2 heterocycles. The summed E-state index contributed by atoms with van der Waals surface area (Å²) >= 11 is 1.41. The van der Waals surface area contributed by atoms with Crippen LogP contribution in [0.5, 0.6) is 5.75 Å². The van der Waals surface area contributed by atoms with Crippen molar-refractivity contribution in [1.29, 1.82) is 0 Å². The molecule has 142 valence electrons. The number of amides is 2. The fraction of sp³-hybridized carbons (Fsp3) is 0.190. The molecule has 1 atom stereocenters. The molecule has 0 unspecified atom stereocenters. The lowest BCUT2D eigenvalue weighted by Gasteiger charge is -2.23. The van der Waals surface area contributed by atoms with E-state index in [2.05, 4.69) is 15.6 Å². The zero-order chi connectivity index (χ0) is 19.8. The second-order valence-electron chi connectivity index (χ2n) is 6.65. The van der Waals surface area contributed by atoms with E-state index in [4.69, 9.17) is 4.74 Å². The number of ether oxygens (including phenoxy) is 1. The van der Waals surface area contributed by atoms with Crippen LogP contribution in [0.15, 0.2) is 42.5 Å². The third kappa shape index (κ3) is 3.36. The molecule has 1 aromatic heterocycles. The largest absolute Gasteiger partial charge is 0.479 e. The number of hydrogen-bond donors (Lipinski definition) is 2. The van der Waals surface area contributed by atoms with E-state index in [1.165, 1.54) is 11.3 Å². The predicted octanol–water partition coefficient (Wildman–Crippen LogP) is 4.40. The van der Waals surface area contributed by atoms with Gasteiger partial charge in [0.05, 0.1) is 11.4 Å². The second-order valence-corrected chi connectivity index (χ2v) is 7.86. The first-order valence-corrected chi connectivity index (χ1v) is 9.70. The summed E-state index contributed by atoms with van der Waals surface area (Å²) in [5, 5.41) is 6.26. The number of anilines is 2. The van der Waals surface area contributed by atoms with E-state index in [1.54, 1.807) is 13.0 Å². The monoisotopic (exact) mass is 393 g/mol. The van der Waals surface area contributed by atoms with Gasteiger partial charge >= 0.3 is 0 Å². The first-order valence-electron chi connectivity index (χ1n) is 8.88. The van der Waals surface area contributed by atoms with E-state index in [0.29, 0.717) is 22.1 Å². The molecule has 0 saturated heterocycles. The van der Waals surface area contributed by atoms with E-state index in [0.717, 1.165) is 21.7 Å². The van der Waals surface area contributed by atoms with Crippen molar-refractivity contribution in [1.82, 2.24) is 4.98 Å². The van der Waals surface area contributed by atoms with Crippen molar-refractivity contribution in [2.24, 2.45) is 0 Å². The highest BCUT2D eigenvalue weighted by Crippen LogP contribution is 2.37. The molecule has 1 aliphatic heterocycles. The highest BCUT2D eigenvalue weighted by Gasteiger charge is 2.24. The molecule has 0 radical (unpaired) electrons. The minimum Gasteiger partial charge on any atom is -0.479 e. The van der Waals surface area contributed by atoms with Gasteiger partial charge in [-0.2, -0.15) is 0 Å². The zero-order valence-corrected chi connectivity index (χ0v) is 16.5. The van der Waals surface area contributed by atoms with Crippen molar-refractivity contribution in [2.45, 2.75) is 26.9 Å². The van der Waals surface area contributed by atoms with E-state index < -0.39 is 6.10 Å². The van der Waals surface area contributed by atoms with Crippen LogP contribution in [0.2, 0.25) is 0 Å². The van der Waals surface area contributed by atoms with Gasteiger partial charge in [-0.15, -0.1) is 11.3 Å². The van der Waals surface area contributed by atoms with Crippen LogP contribution >= 0.6 is 11.3 Å². The number of carbonyl (C=O) groups excluding carboxylic acids is 2. The molecular formula is C21H19N3O3S. The summed E-state index contributed by atoms with van der Waals surface area (Å²) in [7, 11) is 0. The maximum absolute atomic E-state index is 12.5. The van der Waals surface area contributed by atoms with Gasteiger partial charge in [0.2, 0.25) is 0 Å². The van der Waals surface area contributed by atoms with Crippen LogP contribution in [0.1, 0.15) is 27.7 Å². The molecule has 3 aromatic rings. The average Bonchev–Trinajstić information content (AvgIpc) is 3.02. The van der Waals surface area contributed by atoms with Gasteiger partial charge in [-0.25, -0.2) is 4.98 Å². The Labute approximate surface area is 166 Å². The molecule has 0 saturated carbocycles. The van der Waals surface area contributed by atoms with Gasteiger partial charge in [-0.3, -0.25) is 14.9 Å². The van der Waals surface area contributed by atoms with E-state index in [-0.39, 0.29) is 11.8 Å². The van der Waals surface area contributed by atoms with Crippen LogP contribution in [0.4, 0.5) is 10.8 Å². The van der Waals surface area contributed by atoms with Gasteiger partial charge in [0, 0.05) is 16.0 Å². The summed E-state index contributed by atoms with van der Waals surface area (Å²) < 4.78 is 5.60. The molecule has 2 aromatic carbocycles. The van der Waals surface area contributed by atoms with E-state index in [1.807, 2.05) is 50.2 Å². The summed E-state index contributed by atoms with van der Waals surface area (Å²) in [5.41, 5.74) is 3.77. The topological polar surface area (TPSA) is 80.3 Å². The molecule has 2 N–H and O–H groups in total. The molecule has 0 aliphatic carbocycles. The lowest BCUT2D eigenvalue weighted by molar-refractivity contribution is -0.122. The number of nitrogens with one attached hydrogen (secondary N) is 2. The normalized spacial score (nSPS) is 15.4. The number of aryl methyl sites for hydroxylation is 2. The smallest absolute Gasteiger partial charge is 0.265 e. The standard InChI is InChI=1S/C21H19N3O3S/c1-11-6-4-5-7-15(11)20(26)24-21-23-18(13(3)28-21)14-8-9-17-16(10-14)22-19(25)12(2)27-17/h4-10,12H,1-3H3,(H,22,25)(H,23,24,26)/t12-/m1/s1. The molecule has 0 bridgehead atoms. The van der Waals surface area contributed by atoms with Gasteiger partial charge in [0.15, 0.2) is 11.2 Å². The van der Waals surface area contributed by atoms with Crippen molar-refractivity contribution in [3.63, 3.8) is 0 Å². The molecule has 0 fully saturated rings. The van der Waals surface area contributed by atoms with Crippen LogP contribution in [-0.4, -0.2) is 22.9 Å². The number of thiazole rings is 1. The molecule has 0 spiro atoms. The Kier molecular flexibility index (Phi) is 4.60. The quantitative estimate of drug-likeness (QED) is 0.691. The van der Waals surface area contributed by atoms with Gasteiger partial charge in [0.1, 0.15) is 5.75 Å². The predicted molar refractivity (Wildman–Crippen MR) is 110 cm³/mol. The third-order valence-electron chi connectivity index (χ3n) is 4.59. The Morgan fingerprint density at radius 1 is 1.21 bits per heavy atom. The SMILES string of the molecule is Cc1ccccc1C(=O)Nc1nc(-c2ccc3c(c2)NC(=O)[C@@H](C)O3)c(C)s1. The number of benzene rings is 2. The number of hydrogen-bond acceptors (Lipinski definition) is 5. The Morgan fingerprint density at radius 3 is 2.79 bits per heavy atom. The van der Waals surface area contributed by atoms with Gasteiger partial charge in [-0.1, -0.05) is 18.2 Å². The van der Waals surface area contributed by atoms with Crippen molar-refractivity contribution in [3.05, 3.63) is 58.5 Å². The molecule has 1 aliphatic rings. The number of fused-ring (bicyclic) bond motifs is 1. The third-order valence-corrected chi connectivity index (χ3v) is 5.48. The zero-order valence-electron chi connectivity index (χ0n) is 15.7. The summed E-state index contributed by atoms with van der Waals surface area (Å²) in [4.78, 5) is 30.0. The van der Waals surface area contributed by atoms with Crippen molar-refractivity contribution in [3.8, 4) is 17.0 Å². The molecule has 4 rings (SSSR count). The van der Waals surface area contributed by atoms with E-state index >= 15 is 0 Å².